The van der Waals surface area contributed by atoms with Crippen LogP contribution in [-0.4, -0.2) is 35.9 Å². The van der Waals surface area contributed by atoms with E-state index in [2.05, 4.69) is 16.4 Å². The molecule has 1 unspecified atom stereocenters. The highest BCUT2D eigenvalue weighted by Crippen LogP contribution is 2.20. The Kier molecular flexibility index (Phi) is 5.58. The quantitative estimate of drug-likeness (QED) is 0.899. The van der Waals surface area contributed by atoms with Crippen LogP contribution in [0.15, 0.2) is 12.3 Å². The number of hydrogen-bond donors (Lipinski definition) is 1. The van der Waals surface area contributed by atoms with Crippen LogP contribution < -0.4 is 5.32 Å². The second kappa shape index (κ2) is 6.95. The third-order valence-electron chi connectivity index (χ3n) is 2.55. The normalized spacial score (nSPS) is 11.5. The van der Waals surface area contributed by atoms with E-state index in [1.807, 2.05) is 6.92 Å². The maximum absolute atomic E-state index is 12.1. The van der Waals surface area contributed by atoms with E-state index in [1.165, 1.54) is 11.1 Å². The van der Waals surface area contributed by atoms with Crippen LogP contribution in [0.25, 0.3) is 0 Å². The minimum Gasteiger partial charge on any atom is -0.369 e. The number of amides is 1. The second-order valence-electron chi connectivity index (χ2n) is 4.30. The van der Waals surface area contributed by atoms with Crippen LogP contribution in [0.1, 0.15) is 24.2 Å². The standard InChI is InChI=1S/C13H17ClN4O/c1-4-16-12-11(14)5-10(7-17-12)13(19)18(3)8-9(2)6-15/h5,7,9H,4,8H2,1-3H3,(H,16,17). The highest BCUT2D eigenvalue weighted by Gasteiger charge is 2.16. The maximum Gasteiger partial charge on any atom is 0.255 e. The van der Waals surface area contributed by atoms with E-state index in [0.717, 1.165) is 0 Å². The maximum atomic E-state index is 12.1. The van der Waals surface area contributed by atoms with E-state index in [4.69, 9.17) is 16.9 Å². The first-order chi connectivity index (χ1) is 8.99. The van der Waals surface area contributed by atoms with Gasteiger partial charge in [-0.1, -0.05) is 11.6 Å². The van der Waals surface area contributed by atoms with Crippen molar-refractivity contribution in [3.05, 3.63) is 22.8 Å². The van der Waals surface area contributed by atoms with Crippen molar-refractivity contribution >= 4 is 23.3 Å². The molecule has 1 N–H and O–H groups in total. The van der Waals surface area contributed by atoms with Crippen LogP contribution in [-0.2, 0) is 0 Å². The summed E-state index contributed by atoms with van der Waals surface area (Å²) >= 11 is 6.04. The highest BCUT2D eigenvalue weighted by atomic mass is 35.5. The summed E-state index contributed by atoms with van der Waals surface area (Å²) in [5.74, 6) is 0.159. The van der Waals surface area contributed by atoms with Crippen molar-refractivity contribution in [3.8, 4) is 6.07 Å². The molecule has 102 valence electrons. The number of hydrogen-bond acceptors (Lipinski definition) is 4. The molecule has 0 aromatic carbocycles. The Morgan fingerprint density at radius 1 is 1.68 bits per heavy atom. The van der Waals surface area contributed by atoms with Gasteiger partial charge in [-0.3, -0.25) is 4.79 Å². The van der Waals surface area contributed by atoms with Gasteiger partial charge in [-0.25, -0.2) is 4.98 Å². The van der Waals surface area contributed by atoms with Crippen LogP contribution in [0.3, 0.4) is 0 Å². The molecule has 6 heteroatoms. The molecule has 0 bridgehead atoms. The zero-order valence-electron chi connectivity index (χ0n) is 11.3. The smallest absolute Gasteiger partial charge is 0.255 e. The van der Waals surface area contributed by atoms with Crippen LogP contribution in [0.4, 0.5) is 5.82 Å². The fourth-order valence-corrected chi connectivity index (χ4v) is 1.84. The van der Waals surface area contributed by atoms with Gasteiger partial charge in [-0.05, 0) is 19.9 Å². The third kappa shape index (κ3) is 4.11. The van der Waals surface area contributed by atoms with Gasteiger partial charge in [0.2, 0.25) is 0 Å². The van der Waals surface area contributed by atoms with Crippen molar-refractivity contribution < 1.29 is 4.79 Å². The number of nitrogens with zero attached hydrogens (tertiary/aromatic N) is 3. The van der Waals surface area contributed by atoms with Gasteiger partial charge in [0.05, 0.1) is 22.6 Å². The Balaban J connectivity index is 2.83. The molecule has 0 aliphatic rings. The van der Waals surface area contributed by atoms with E-state index >= 15 is 0 Å². The van der Waals surface area contributed by atoms with Gasteiger partial charge < -0.3 is 10.2 Å². The van der Waals surface area contributed by atoms with E-state index in [9.17, 15) is 4.79 Å². The first-order valence-corrected chi connectivity index (χ1v) is 6.41. The van der Waals surface area contributed by atoms with Crippen LogP contribution in [0.2, 0.25) is 5.02 Å². The SMILES string of the molecule is CCNc1ncc(C(=O)N(C)CC(C)C#N)cc1Cl. The number of pyridine rings is 1. The predicted octanol–water partition coefficient (Wildman–Crippen LogP) is 2.40. The third-order valence-corrected chi connectivity index (χ3v) is 2.84. The first kappa shape index (κ1) is 15.3. The highest BCUT2D eigenvalue weighted by molar-refractivity contribution is 6.33. The Bertz CT molecular complexity index is 498. The fraction of sp³-hybridized carbons (Fsp3) is 0.462. The summed E-state index contributed by atoms with van der Waals surface area (Å²) in [6.45, 7) is 4.79. The van der Waals surface area contributed by atoms with Crippen LogP contribution in [0, 0.1) is 17.2 Å². The molecule has 0 radical (unpaired) electrons. The molecule has 1 amide bonds. The van der Waals surface area contributed by atoms with E-state index in [1.54, 1.807) is 20.0 Å². The van der Waals surface area contributed by atoms with Crippen molar-refractivity contribution in [1.29, 1.82) is 5.26 Å². The molecule has 0 aliphatic carbocycles. The molecule has 0 saturated heterocycles. The van der Waals surface area contributed by atoms with Gasteiger partial charge >= 0.3 is 0 Å². The number of aromatic nitrogens is 1. The van der Waals surface area contributed by atoms with Gasteiger partial charge in [-0.2, -0.15) is 5.26 Å². The minimum atomic E-state index is -0.210. The van der Waals surface area contributed by atoms with E-state index in [-0.39, 0.29) is 11.8 Å². The van der Waals surface area contributed by atoms with Gasteiger partial charge in [0, 0.05) is 26.3 Å². The minimum absolute atomic E-state index is 0.195. The summed E-state index contributed by atoms with van der Waals surface area (Å²) in [4.78, 5) is 17.7. The molecule has 1 aromatic heterocycles. The molecule has 1 aromatic rings. The van der Waals surface area contributed by atoms with Crippen molar-refractivity contribution in [2.75, 3.05) is 25.5 Å². The number of nitrogens with one attached hydrogen (secondary N) is 1. The topological polar surface area (TPSA) is 69.0 Å². The molecule has 0 spiro atoms. The van der Waals surface area contributed by atoms with Crippen LogP contribution in [0.5, 0.6) is 0 Å². The lowest BCUT2D eigenvalue weighted by atomic mass is 10.2. The molecular formula is C13H17ClN4O. The summed E-state index contributed by atoms with van der Waals surface area (Å²) < 4.78 is 0. The predicted molar refractivity (Wildman–Crippen MR) is 75.1 cm³/mol. The molecule has 1 rings (SSSR count). The largest absolute Gasteiger partial charge is 0.369 e. The van der Waals surface area contributed by atoms with Crippen molar-refractivity contribution in [2.45, 2.75) is 13.8 Å². The van der Waals surface area contributed by atoms with Gasteiger partial charge in [0.15, 0.2) is 0 Å². The molecule has 19 heavy (non-hydrogen) atoms. The number of rotatable bonds is 5. The Labute approximate surface area is 118 Å². The number of nitriles is 1. The van der Waals surface area contributed by atoms with E-state index < -0.39 is 0 Å². The Morgan fingerprint density at radius 3 is 2.89 bits per heavy atom. The summed E-state index contributed by atoms with van der Waals surface area (Å²) in [6.07, 6.45) is 1.49. The van der Waals surface area contributed by atoms with Crippen LogP contribution >= 0.6 is 11.6 Å². The van der Waals surface area contributed by atoms with Crippen molar-refractivity contribution in [3.63, 3.8) is 0 Å². The Morgan fingerprint density at radius 2 is 2.37 bits per heavy atom. The second-order valence-corrected chi connectivity index (χ2v) is 4.71. The van der Waals surface area contributed by atoms with Gasteiger partial charge in [0.1, 0.15) is 5.82 Å². The number of carbonyl (C=O) groups excluding carboxylic acids is 1. The van der Waals surface area contributed by atoms with Crippen molar-refractivity contribution in [1.82, 2.24) is 9.88 Å². The molecule has 0 aliphatic heterocycles. The lowest BCUT2D eigenvalue weighted by Crippen LogP contribution is -2.30. The van der Waals surface area contributed by atoms with Gasteiger partial charge in [0.25, 0.3) is 5.91 Å². The monoisotopic (exact) mass is 280 g/mol. The zero-order valence-corrected chi connectivity index (χ0v) is 12.0. The molecule has 0 saturated carbocycles. The number of halogens is 1. The summed E-state index contributed by atoms with van der Waals surface area (Å²) in [6, 6.07) is 3.68. The zero-order chi connectivity index (χ0) is 14.4. The van der Waals surface area contributed by atoms with Crippen molar-refractivity contribution in [2.24, 2.45) is 5.92 Å². The average molecular weight is 281 g/mol. The first-order valence-electron chi connectivity index (χ1n) is 6.04. The molecular weight excluding hydrogens is 264 g/mol. The molecule has 0 fully saturated rings. The fourth-order valence-electron chi connectivity index (χ4n) is 1.61. The lowest BCUT2D eigenvalue weighted by molar-refractivity contribution is 0.0784. The summed E-state index contributed by atoms with van der Waals surface area (Å²) in [5.41, 5.74) is 0.416. The molecule has 5 nitrogen and oxygen atoms in total. The lowest BCUT2D eigenvalue weighted by Gasteiger charge is -2.18. The molecule has 1 heterocycles. The summed E-state index contributed by atoms with van der Waals surface area (Å²) in [5, 5.41) is 12.2. The molecule has 1 atom stereocenters. The average Bonchev–Trinajstić information content (AvgIpc) is 2.40. The Hall–Kier alpha value is -1.80. The van der Waals surface area contributed by atoms with Gasteiger partial charge in [-0.15, -0.1) is 0 Å². The van der Waals surface area contributed by atoms with E-state index in [0.29, 0.717) is 29.5 Å². The number of anilines is 1. The summed E-state index contributed by atoms with van der Waals surface area (Å²) in [7, 11) is 1.66. The number of carbonyl (C=O) groups is 1.